The van der Waals surface area contributed by atoms with E-state index in [0.717, 1.165) is 10.4 Å². The fourth-order valence-corrected chi connectivity index (χ4v) is 0.959. The maximum Gasteiger partial charge on any atom is 0.0183 e. The zero-order chi connectivity index (χ0) is 8.27. The van der Waals surface area contributed by atoms with Crippen molar-refractivity contribution < 1.29 is 0 Å². The Morgan fingerprint density at radius 1 is 1.45 bits per heavy atom. The van der Waals surface area contributed by atoms with E-state index in [1.807, 2.05) is 25.1 Å². The van der Waals surface area contributed by atoms with Crippen molar-refractivity contribution in [1.29, 1.82) is 5.41 Å². The minimum atomic E-state index is 0.971. The van der Waals surface area contributed by atoms with Crippen LogP contribution in [0.2, 0.25) is 0 Å². The van der Waals surface area contributed by atoms with Crippen molar-refractivity contribution in [2.45, 2.75) is 6.92 Å². The summed E-state index contributed by atoms with van der Waals surface area (Å²) in [5, 5.41) is 8.90. The van der Waals surface area contributed by atoms with Gasteiger partial charge in [-0.2, -0.15) is 0 Å². The van der Waals surface area contributed by atoms with E-state index in [1.165, 1.54) is 11.8 Å². The number of hydrogen-bond acceptors (Lipinski definition) is 1. The fourth-order valence-electron chi connectivity index (χ4n) is 0.959. The summed E-state index contributed by atoms with van der Waals surface area (Å²) in [6.07, 6.45) is 3.03. The van der Waals surface area contributed by atoms with Crippen LogP contribution in [0.15, 0.2) is 18.2 Å². The largest absolute Gasteiger partial charge is 0.309 e. The quantitative estimate of drug-likeness (QED) is 0.566. The molecule has 1 aromatic carbocycles. The molecule has 0 radical (unpaired) electrons. The Kier molecular flexibility index (Phi) is 2.21. The highest BCUT2D eigenvalue weighted by Crippen LogP contribution is 1.84. The molecule has 0 bridgehead atoms. The van der Waals surface area contributed by atoms with Crippen molar-refractivity contribution in [3.8, 4) is 0 Å². The zero-order valence-electron chi connectivity index (χ0n) is 6.59. The molecule has 11 heavy (non-hydrogen) atoms. The van der Waals surface area contributed by atoms with Gasteiger partial charge in [0.2, 0.25) is 0 Å². The Hall–Kier alpha value is -1.37. The van der Waals surface area contributed by atoms with Crippen LogP contribution < -0.4 is 10.4 Å². The first-order chi connectivity index (χ1) is 5.24. The summed E-state index contributed by atoms with van der Waals surface area (Å²) in [7, 11) is 0. The molecule has 0 aliphatic carbocycles. The van der Waals surface area contributed by atoms with Crippen LogP contribution in [0.1, 0.15) is 5.56 Å². The highest BCUT2D eigenvalue weighted by molar-refractivity contribution is 5.88. The number of benzene rings is 1. The lowest BCUT2D eigenvalue weighted by Gasteiger charge is -1.90. The second-order valence-corrected chi connectivity index (χ2v) is 2.54. The Morgan fingerprint density at radius 2 is 2.18 bits per heavy atom. The van der Waals surface area contributed by atoms with Gasteiger partial charge in [0, 0.05) is 6.21 Å². The van der Waals surface area contributed by atoms with Crippen LogP contribution in [0.5, 0.6) is 0 Å². The molecule has 1 N–H and O–H groups in total. The predicted molar refractivity (Wildman–Crippen MR) is 49.2 cm³/mol. The average molecular weight is 145 g/mol. The minimum Gasteiger partial charge on any atom is -0.309 e. The van der Waals surface area contributed by atoms with Gasteiger partial charge in [0.1, 0.15) is 0 Å². The fraction of sp³-hybridized carbons (Fsp3) is 0.100. The Labute approximate surface area is 66.2 Å². The molecule has 0 saturated heterocycles. The van der Waals surface area contributed by atoms with Crippen LogP contribution in [0.25, 0.3) is 12.7 Å². The summed E-state index contributed by atoms with van der Waals surface area (Å²) in [6.45, 7) is 5.87. The van der Waals surface area contributed by atoms with Crippen molar-refractivity contribution in [3.63, 3.8) is 0 Å². The third kappa shape index (κ3) is 1.77. The maximum absolute atomic E-state index is 6.90. The molecule has 1 aromatic rings. The summed E-state index contributed by atoms with van der Waals surface area (Å²) < 4.78 is 0. The van der Waals surface area contributed by atoms with Crippen molar-refractivity contribution in [1.82, 2.24) is 0 Å². The molecule has 1 rings (SSSR count). The minimum absolute atomic E-state index is 0.971. The number of rotatable bonds is 1. The molecule has 56 valence electrons. The van der Waals surface area contributed by atoms with Gasteiger partial charge in [-0.15, -0.1) is 0 Å². The van der Waals surface area contributed by atoms with E-state index in [1.54, 1.807) is 6.08 Å². The van der Waals surface area contributed by atoms with Gasteiger partial charge >= 0.3 is 0 Å². The summed E-state index contributed by atoms with van der Waals surface area (Å²) in [4.78, 5) is 0. The number of nitrogens with one attached hydrogen (secondary N) is 1. The van der Waals surface area contributed by atoms with Crippen LogP contribution in [0, 0.1) is 12.3 Å². The Morgan fingerprint density at radius 3 is 2.82 bits per heavy atom. The molecule has 0 saturated carbocycles. The molecule has 1 nitrogen and oxygen atoms in total. The van der Waals surface area contributed by atoms with Gasteiger partial charge in [-0.3, -0.25) is 0 Å². The molecular weight excluding hydrogens is 134 g/mol. The molecule has 0 atom stereocenters. The van der Waals surface area contributed by atoms with Crippen molar-refractivity contribution in [2.24, 2.45) is 0 Å². The lowest BCUT2D eigenvalue weighted by Crippen LogP contribution is -2.22. The Balaban J connectivity index is 3.47. The SMILES string of the molecule is C=c1ccc(C)c/c1=C/C=N. The van der Waals surface area contributed by atoms with Gasteiger partial charge in [-0.25, -0.2) is 0 Å². The smallest absolute Gasteiger partial charge is 0.0183 e. The monoisotopic (exact) mass is 145 g/mol. The molecule has 0 aliphatic rings. The summed E-state index contributed by atoms with van der Waals surface area (Å²) in [5.74, 6) is 0. The molecule has 1 heteroatoms. The van der Waals surface area contributed by atoms with Crippen LogP contribution in [-0.2, 0) is 0 Å². The molecular formula is C10H11N. The van der Waals surface area contributed by atoms with Crippen molar-refractivity contribution in [2.75, 3.05) is 0 Å². The third-order valence-electron chi connectivity index (χ3n) is 1.56. The third-order valence-corrected chi connectivity index (χ3v) is 1.56. The molecule has 0 heterocycles. The van der Waals surface area contributed by atoms with Gasteiger partial charge in [-0.1, -0.05) is 30.3 Å². The summed E-state index contributed by atoms with van der Waals surface area (Å²) >= 11 is 0. The van der Waals surface area contributed by atoms with E-state index >= 15 is 0 Å². The van der Waals surface area contributed by atoms with Crippen LogP contribution in [0.4, 0.5) is 0 Å². The Bertz CT molecular complexity index is 363. The van der Waals surface area contributed by atoms with Crippen molar-refractivity contribution in [3.05, 3.63) is 34.2 Å². The molecule has 0 amide bonds. The van der Waals surface area contributed by atoms with E-state index in [9.17, 15) is 0 Å². The molecule has 0 aromatic heterocycles. The number of hydrogen-bond donors (Lipinski definition) is 1. The summed E-state index contributed by atoms with van der Waals surface area (Å²) in [5.41, 5.74) is 1.20. The van der Waals surface area contributed by atoms with E-state index in [2.05, 4.69) is 6.58 Å². The van der Waals surface area contributed by atoms with Gasteiger partial charge < -0.3 is 5.41 Å². The molecule has 0 fully saturated rings. The van der Waals surface area contributed by atoms with Crippen LogP contribution in [0.3, 0.4) is 0 Å². The molecule has 0 unspecified atom stereocenters. The first-order valence-electron chi connectivity index (χ1n) is 3.50. The van der Waals surface area contributed by atoms with Crippen molar-refractivity contribution >= 4 is 18.9 Å². The number of aryl methyl sites for hydroxylation is 1. The lowest BCUT2D eigenvalue weighted by atomic mass is 10.2. The van der Waals surface area contributed by atoms with Gasteiger partial charge in [0.15, 0.2) is 0 Å². The van der Waals surface area contributed by atoms with Gasteiger partial charge in [0.05, 0.1) is 0 Å². The van der Waals surface area contributed by atoms with E-state index < -0.39 is 0 Å². The average Bonchev–Trinajstić information content (AvgIpc) is 1.98. The van der Waals surface area contributed by atoms with Crippen LogP contribution in [-0.4, -0.2) is 6.21 Å². The van der Waals surface area contributed by atoms with E-state index in [-0.39, 0.29) is 0 Å². The van der Waals surface area contributed by atoms with E-state index in [4.69, 9.17) is 5.41 Å². The molecule has 0 aliphatic heterocycles. The first-order valence-corrected chi connectivity index (χ1v) is 3.50. The molecule has 0 spiro atoms. The zero-order valence-corrected chi connectivity index (χ0v) is 6.59. The topological polar surface area (TPSA) is 23.9 Å². The van der Waals surface area contributed by atoms with Gasteiger partial charge in [0.25, 0.3) is 0 Å². The normalized spacial score (nSPS) is 11.5. The first kappa shape index (κ1) is 7.73. The highest BCUT2D eigenvalue weighted by Gasteiger charge is 1.82. The predicted octanol–water partition coefficient (Wildman–Crippen LogP) is 0.835. The van der Waals surface area contributed by atoms with E-state index in [0.29, 0.717) is 0 Å². The maximum atomic E-state index is 6.90. The second kappa shape index (κ2) is 3.15. The summed E-state index contributed by atoms with van der Waals surface area (Å²) in [6, 6.07) is 6.00. The highest BCUT2D eigenvalue weighted by atomic mass is 14.3. The standard InChI is InChI=1S/C10H11N/c1-8-3-4-9(2)10(7-8)5-6-11/h3-7,11H,2H2,1H3/b10-5-,11-6?. The van der Waals surface area contributed by atoms with Gasteiger partial charge in [-0.05, 0) is 23.4 Å². The lowest BCUT2D eigenvalue weighted by molar-refractivity contribution is 1.41. The second-order valence-electron chi connectivity index (χ2n) is 2.54. The van der Waals surface area contributed by atoms with Crippen LogP contribution >= 0.6 is 0 Å².